The molecule has 184 valence electrons. The largest absolute Gasteiger partial charge is 0.493 e. The zero-order valence-corrected chi connectivity index (χ0v) is 22.5. The lowest BCUT2D eigenvalue weighted by atomic mass is 10.1. The van der Waals surface area contributed by atoms with Gasteiger partial charge in [0.25, 0.3) is 5.91 Å². The number of amidine groups is 1. The number of hydrogen-bond donors (Lipinski definition) is 0. The number of thioether (sulfide) groups is 1. The summed E-state index contributed by atoms with van der Waals surface area (Å²) in [4.78, 5) is 22.7. The highest BCUT2D eigenvalue weighted by Gasteiger charge is 2.32. The number of aliphatic imine (C=N–C) groups is 1. The second kappa shape index (κ2) is 11.8. The Hall–Kier alpha value is -2.71. The van der Waals surface area contributed by atoms with Crippen LogP contribution in [0.4, 0.5) is 11.4 Å². The van der Waals surface area contributed by atoms with Crippen molar-refractivity contribution in [2.24, 2.45) is 4.99 Å². The number of ether oxygens (including phenoxy) is 2. The van der Waals surface area contributed by atoms with Crippen molar-refractivity contribution in [2.75, 3.05) is 38.3 Å². The summed E-state index contributed by atoms with van der Waals surface area (Å²) in [6.07, 6.45) is 7.35. The molecule has 1 amide bonds. The third kappa shape index (κ3) is 5.93. The van der Waals surface area contributed by atoms with E-state index in [1.807, 2.05) is 37.3 Å². The number of amides is 1. The Morgan fingerprint density at radius 2 is 1.91 bits per heavy atom. The molecule has 35 heavy (non-hydrogen) atoms. The highest BCUT2D eigenvalue weighted by Crippen LogP contribution is 2.39. The standard InChI is InChI=1S/C27H30BrN3O3S/c1-4-15-34-25-22(28)16-19(17-23(25)33-3)18-24-26(32)31(5-2)27(35-24)29-20-9-11-21(12-10-20)30-13-7-6-8-14-30/h4,9-12,16-18H,1,5-8,13-15H2,2-3H3/b24-18-,29-27?. The van der Waals surface area contributed by atoms with E-state index in [0.717, 1.165) is 28.8 Å². The monoisotopic (exact) mass is 555 g/mol. The van der Waals surface area contributed by atoms with Gasteiger partial charge < -0.3 is 14.4 Å². The lowest BCUT2D eigenvalue weighted by molar-refractivity contribution is -0.122. The van der Waals surface area contributed by atoms with E-state index in [1.165, 1.54) is 36.7 Å². The van der Waals surface area contributed by atoms with Gasteiger partial charge in [-0.1, -0.05) is 12.7 Å². The number of carbonyl (C=O) groups excluding carboxylic acids is 1. The molecule has 2 fully saturated rings. The van der Waals surface area contributed by atoms with Gasteiger partial charge in [-0.15, -0.1) is 0 Å². The summed E-state index contributed by atoms with van der Waals surface area (Å²) in [6, 6.07) is 12.1. The van der Waals surface area contributed by atoms with Crippen molar-refractivity contribution in [3.05, 3.63) is 64.0 Å². The molecule has 0 bridgehead atoms. The highest BCUT2D eigenvalue weighted by atomic mass is 79.9. The SMILES string of the molecule is C=CCOc1c(Br)cc(/C=C2\SC(=Nc3ccc(N4CCCCC4)cc3)N(CC)C2=O)cc1OC. The third-order valence-corrected chi connectivity index (χ3v) is 7.49. The predicted molar refractivity (Wildman–Crippen MR) is 149 cm³/mol. The molecule has 8 heteroatoms. The quantitative estimate of drug-likeness (QED) is 0.270. The number of rotatable bonds is 8. The Morgan fingerprint density at radius 3 is 2.57 bits per heavy atom. The van der Waals surface area contributed by atoms with E-state index in [4.69, 9.17) is 14.5 Å². The summed E-state index contributed by atoms with van der Waals surface area (Å²) in [5, 5.41) is 0.687. The fourth-order valence-corrected chi connectivity index (χ4v) is 5.76. The maximum absolute atomic E-state index is 13.1. The number of likely N-dealkylation sites (N-methyl/N-ethyl adjacent to an activating group) is 1. The van der Waals surface area contributed by atoms with Crippen molar-refractivity contribution in [2.45, 2.75) is 26.2 Å². The zero-order valence-electron chi connectivity index (χ0n) is 20.1. The first-order chi connectivity index (χ1) is 17.0. The van der Waals surface area contributed by atoms with Gasteiger partial charge in [0.05, 0.1) is 22.2 Å². The fraction of sp³-hybridized carbons (Fsp3) is 0.333. The van der Waals surface area contributed by atoms with Crippen molar-refractivity contribution in [1.82, 2.24) is 4.90 Å². The van der Waals surface area contributed by atoms with E-state index in [2.05, 4.69) is 39.5 Å². The van der Waals surface area contributed by atoms with Gasteiger partial charge in [-0.25, -0.2) is 4.99 Å². The first kappa shape index (κ1) is 25.4. The first-order valence-electron chi connectivity index (χ1n) is 11.8. The molecule has 2 heterocycles. The molecule has 2 aromatic rings. The summed E-state index contributed by atoms with van der Waals surface area (Å²) in [7, 11) is 1.59. The molecule has 2 aliphatic rings. The molecule has 2 aliphatic heterocycles. The summed E-state index contributed by atoms with van der Waals surface area (Å²) in [5.41, 5.74) is 2.91. The fourth-order valence-electron chi connectivity index (χ4n) is 4.13. The van der Waals surface area contributed by atoms with Crippen molar-refractivity contribution in [3.8, 4) is 11.5 Å². The van der Waals surface area contributed by atoms with Gasteiger partial charge >= 0.3 is 0 Å². The summed E-state index contributed by atoms with van der Waals surface area (Å²) >= 11 is 4.94. The minimum Gasteiger partial charge on any atom is -0.493 e. The van der Waals surface area contributed by atoms with Crippen LogP contribution in [0, 0.1) is 0 Å². The predicted octanol–water partition coefficient (Wildman–Crippen LogP) is 6.64. The van der Waals surface area contributed by atoms with Crippen LogP contribution < -0.4 is 14.4 Å². The molecule has 2 saturated heterocycles. The lowest BCUT2D eigenvalue weighted by Gasteiger charge is -2.28. The molecule has 0 aliphatic carbocycles. The molecule has 4 rings (SSSR count). The van der Waals surface area contributed by atoms with Gasteiger partial charge in [0.15, 0.2) is 16.7 Å². The van der Waals surface area contributed by atoms with Crippen molar-refractivity contribution in [3.63, 3.8) is 0 Å². The molecule has 2 aromatic carbocycles. The molecule has 0 atom stereocenters. The van der Waals surface area contributed by atoms with Crippen LogP contribution in [0.1, 0.15) is 31.7 Å². The first-order valence-corrected chi connectivity index (χ1v) is 13.4. The number of benzene rings is 2. The van der Waals surface area contributed by atoms with Crippen LogP contribution >= 0.6 is 27.7 Å². The van der Waals surface area contributed by atoms with Crippen molar-refractivity contribution < 1.29 is 14.3 Å². The van der Waals surface area contributed by atoms with Crippen LogP contribution in [0.15, 0.2) is 63.4 Å². The molecule has 0 radical (unpaired) electrons. The summed E-state index contributed by atoms with van der Waals surface area (Å²) in [6.45, 7) is 8.78. The molecule has 6 nitrogen and oxygen atoms in total. The second-order valence-corrected chi connectivity index (χ2v) is 10.1. The van der Waals surface area contributed by atoms with Crippen LogP contribution in [0.2, 0.25) is 0 Å². The number of piperidine rings is 1. The van der Waals surface area contributed by atoms with Gasteiger partial charge in [-0.05, 0) is 102 Å². The van der Waals surface area contributed by atoms with Crippen LogP contribution in [0.25, 0.3) is 6.08 Å². The molecular formula is C27H30BrN3O3S. The lowest BCUT2D eigenvalue weighted by Crippen LogP contribution is -2.29. The minimum absolute atomic E-state index is 0.0525. The Balaban J connectivity index is 1.56. The maximum atomic E-state index is 13.1. The van der Waals surface area contributed by atoms with E-state index in [-0.39, 0.29) is 5.91 Å². The summed E-state index contributed by atoms with van der Waals surface area (Å²) in [5.74, 6) is 1.13. The van der Waals surface area contributed by atoms with Crippen LogP contribution in [-0.2, 0) is 4.79 Å². The molecule has 0 saturated carbocycles. The van der Waals surface area contributed by atoms with Crippen molar-refractivity contribution >= 4 is 56.2 Å². The molecule has 0 aromatic heterocycles. The molecule has 0 unspecified atom stereocenters. The van der Waals surface area contributed by atoms with E-state index in [1.54, 1.807) is 18.1 Å². The van der Waals surface area contributed by atoms with E-state index in [0.29, 0.717) is 34.7 Å². The third-order valence-electron chi connectivity index (χ3n) is 5.90. The average Bonchev–Trinajstić information content (AvgIpc) is 3.17. The Morgan fingerprint density at radius 1 is 1.17 bits per heavy atom. The van der Waals surface area contributed by atoms with Gasteiger partial charge in [0, 0.05) is 25.3 Å². The number of halogens is 1. The molecule has 0 spiro atoms. The number of anilines is 1. The second-order valence-electron chi connectivity index (χ2n) is 8.25. The highest BCUT2D eigenvalue weighted by molar-refractivity contribution is 9.10. The molecule has 0 N–H and O–H groups in total. The number of carbonyl (C=O) groups is 1. The Labute approximate surface area is 219 Å². The van der Waals surface area contributed by atoms with Crippen LogP contribution in [0.3, 0.4) is 0 Å². The van der Waals surface area contributed by atoms with E-state index < -0.39 is 0 Å². The number of hydrogen-bond acceptors (Lipinski definition) is 6. The van der Waals surface area contributed by atoms with Gasteiger partial charge in [0.2, 0.25) is 0 Å². The summed E-state index contributed by atoms with van der Waals surface area (Å²) < 4.78 is 12.0. The van der Waals surface area contributed by atoms with E-state index in [9.17, 15) is 4.79 Å². The number of nitrogens with zero attached hydrogens (tertiary/aromatic N) is 3. The topological polar surface area (TPSA) is 54.4 Å². The number of methoxy groups -OCH3 is 1. The van der Waals surface area contributed by atoms with Gasteiger partial charge in [-0.2, -0.15) is 0 Å². The maximum Gasteiger partial charge on any atom is 0.266 e. The smallest absolute Gasteiger partial charge is 0.266 e. The average molecular weight is 557 g/mol. The van der Waals surface area contributed by atoms with Crippen LogP contribution in [0.5, 0.6) is 11.5 Å². The normalized spacial score (nSPS) is 18.4. The minimum atomic E-state index is -0.0525. The zero-order chi connectivity index (χ0) is 24.8. The van der Waals surface area contributed by atoms with E-state index >= 15 is 0 Å². The van der Waals surface area contributed by atoms with Crippen molar-refractivity contribution in [1.29, 1.82) is 0 Å². The Bertz CT molecular complexity index is 1140. The van der Waals surface area contributed by atoms with Gasteiger partial charge in [0.1, 0.15) is 6.61 Å². The Kier molecular flexibility index (Phi) is 8.57. The molecular weight excluding hydrogens is 526 g/mol. The van der Waals surface area contributed by atoms with Gasteiger partial charge in [-0.3, -0.25) is 9.69 Å². The van der Waals surface area contributed by atoms with Crippen LogP contribution in [-0.4, -0.2) is 49.3 Å².